The van der Waals surface area contributed by atoms with Crippen LogP contribution in [0.15, 0.2) is 91.0 Å². The maximum atomic E-state index is 12.4. The van der Waals surface area contributed by atoms with Crippen LogP contribution in [0.3, 0.4) is 0 Å². The molecule has 0 fully saturated rings. The second-order valence-electron chi connectivity index (χ2n) is 11.2. The van der Waals surface area contributed by atoms with E-state index in [1.165, 1.54) is 4.80 Å². The van der Waals surface area contributed by atoms with E-state index in [0.717, 1.165) is 16.7 Å². The number of carboxylic acid groups (broad SMARTS) is 1. The summed E-state index contributed by atoms with van der Waals surface area (Å²) in [4.78, 5) is 34.7. The molecule has 0 saturated heterocycles. The number of carbonyl (C=O) groups excluding carboxylic acids is 1. The number of aromatic nitrogens is 6. The highest BCUT2D eigenvalue weighted by Gasteiger charge is 2.21. The Kier molecular flexibility index (Phi) is 10.6. The summed E-state index contributed by atoms with van der Waals surface area (Å²) >= 11 is 0. The molecule has 2 aromatic heterocycles. The van der Waals surface area contributed by atoms with Gasteiger partial charge in [-0.1, -0.05) is 78.9 Å². The van der Waals surface area contributed by atoms with Crippen LogP contribution in [0.2, 0.25) is 0 Å². The van der Waals surface area contributed by atoms with Gasteiger partial charge < -0.3 is 19.3 Å². The second kappa shape index (κ2) is 15.6. The summed E-state index contributed by atoms with van der Waals surface area (Å²) in [6, 6.07) is 27.5. The van der Waals surface area contributed by atoms with Crippen LogP contribution in [0.4, 0.5) is 4.79 Å². The summed E-state index contributed by atoms with van der Waals surface area (Å²) in [5.41, 5.74) is 5.74. The number of benzene rings is 4. The van der Waals surface area contributed by atoms with Crippen LogP contribution < -0.4 is 4.74 Å². The third-order valence-electron chi connectivity index (χ3n) is 7.72. The first-order valence-corrected chi connectivity index (χ1v) is 15.8. The fraction of sp³-hybridized carbons (Fsp3) is 0.200. The minimum Gasteiger partial charge on any atom is -0.478 e. The summed E-state index contributed by atoms with van der Waals surface area (Å²) in [6.45, 7) is 3.93. The van der Waals surface area contributed by atoms with Crippen LogP contribution in [-0.2, 0) is 34.1 Å². The van der Waals surface area contributed by atoms with Gasteiger partial charge in [0, 0.05) is 5.56 Å². The highest BCUT2D eigenvalue weighted by Crippen LogP contribution is 2.31. The maximum Gasteiger partial charge on any atom is 0.510 e. The molecule has 0 amide bonds. The summed E-state index contributed by atoms with van der Waals surface area (Å²) in [5, 5.41) is 39.6. The molecular formula is C35H33N7O9. The Morgan fingerprint density at radius 1 is 0.882 bits per heavy atom. The van der Waals surface area contributed by atoms with E-state index in [4.69, 9.17) is 24.6 Å². The van der Waals surface area contributed by atoms with E-state index < -0.39 is 18.4 Å². The number of fused-ring (bicyclic) bond motifs is 1. The molecule has 1 unspecified atom stereocenters. The SMILES string of the molecule is CCOc1nc2cccc(C(=O)O)c2n1Cc1ccc(-c2ccccc2-c2nnn(C(C)OC(=O)OCc3cccc(CON(O)O)c3)n2)cc1. The molecule has 0 aliphatic carbocycles. The normalized spacial score (nSPS) is 11.9. The van der Waals surface area contributed by atoms with Gasteiger partial charge in [-0.05, 0) is 59.0 Å². The van der Waals surface area contributed by atoms with Crippen LogP contribution in [-0.4, -0.2) is 69.4 Å². The van der Waals surface area contributed by atoms with Crippen molar-refractivity contribution in [3.05, 3.63) is 113 Å². The van der Waals surface area contributed by atoms with Crippen molar-refractivity contribution in [2.45, 2.75) is 39.8 Å². The van der Waals surface area contributed by atoms with Gasteiger partial charge in [-0.3, -0.25) is 15.0 Å². The van der Waals surface area contributed by atoms with Crippen molar-refractivity contribution in [1.82, 2.24) is 35.1 Å². The lowest BCUT2D eigenvalue weighted by molar-refractivity contribution is -0.497. The number of ether oxygens (including phenoxy) is 3. The number of tetrazole rings is 1. The molecule has 0 radical (unpaired) electrons. The van der Waals surface area contributed by atoms with Crippen LogP contribution >= 0.6 is 0 Å². The number of hydrogen-bond donors (Lipinski definition) is 3. The summed E-state index contributed by atoms with van der Waals surface area (Å²) in [6.07, 6.45) is -1.89. The molecule has 0 saturated carbocycles. The van der Waals surface area contributed by atoms with Crippen molar-refractivity contribution in [2.24, 2.45) is 0 Å². The number of imidazole rings is 1. The van der Waals surface area contributed by atoms with Gasteiger partial charge in [-0.25, -0.2) is 14.4 Å². The molecule has 16 heteroatoms. The number of para-hydroxylation sites is 1. The Bertz CT molecular complexity index is 2150. The third kappa shape index (κ3) is 8.17. The highest BCUT2D eigenvalue weighted by atomic mass is 17.1. The first-order valence-electron chi connectivity index (χ1n) is 15.8. The zero-order valence-electron chi connectivity index (χ0n) is 27.5. The van der Waals surface area contributed by atoms with Gasteiger partial charge in [0.25, 0.3) is 6.01 Å². The largest absolute Gasteiger partial charge is 0.510 e. The van der Waals surface area contributed by atoms with Crippen molar-refractivity contribution < 1.29 is 44.2 Å². The van der Waals surface area contributed by atoms with E-state index in [1.807, 2.05) is 55.5 Å². The lowest BCUT2D eigenvalue weighted by Gasteiger charge is -2.12. The quantitative estimate of drug-likeness (QED) is 0.0901. The lowest BCUT2D eigenvalue weighted by atomic mass is 9.98. The summed E-state index contributed by atoms with van der Waals surface area (Å²) in [7, 11) is 0. The van der Waals surface area contributed by atoms with Crippen molar-refractivity contribution in [3.63, 3.8) is 0 Å². The van der Waals surface area contributed by atoms with Gasteiger partial charge in [-0.15, -0.1) is 15.0 Å². The van der Waals surface area contributed by atoms with E-state index in [9.17, 15) is 14.7 Å². The first kappa shape index (κ1) is 34.7. The molecule has 2 heterocycles. The number of carboxylic acids is 1. The predicted octanol–water partition coefficient (Wildman–Crippen LogP) is 5.89. The minimum absolute atomic E-state index is 0.0977. The van der Waals surface area contributed by atoms with E-state index >= 15 is 0 Å². The van der Waals surface area contributed by atoms with Crippen LogP contribution in [0.1, 0.15) is 47.1 Å². The third-order valence-corrected chi connectivity index (χ3v) is 7.72. The van der Waals surface area contributed by atoms with Gasteiger partial charge in [0.15, 0.2) is 0 Å². The molecular weight excluding hydrogens is 662 g/mol. The molecule has 51 heavy (non-hydrogen) atoms. The Hall–Kier alpha value is -6.20. The van der Waals surface area contributed by atoms with Crippen LogP contribution in [0, 0.1) is 0 Å². The lowest BCUT2D eigenvalue weighted by Crippen LogP contribution is -2.18. The molecule has 6 rings (SSSR count). The Morgan fingerprint density at radius 3 is 2.33 bits per heavy atom. The van der Waals surface area contributed by atoms with E-state index in [1.54, 1.807) is 54.0 Å². The molecule has 1 atom stereocenters. The minimum atomic E-state index is -1.05. The number of aromatic carboxylic acids is 1. The maximum absolute atomic E-state index is 12.4. The molecule has 0 bridgehead atoms. The van der Waals surface area contributed by atoms with Crippen LogP contribution in [0.25, 0.3) is 33.5 Å². The molecule has 0 spiro atoms. The zero-order chi connectivity index (χ0) is 35.9. The molecule has 0 aliphatic rings. The van der Waals surface area contributed by atoms with Crippen LogP contribution in [0.5, 0.6) is 6.01 Å². The molecule has 0 aliphatic heterocycles. The van der Waals surface area contributed by atoms with Gasteiger partial charge in [0.2, 0.25) is 12.1 Å². The average Bonchev–Trinajstić information content (AvgIpc) is 3.76. The van der Waals surface area contributed by atoms with E-state index in [0.29, 0.717) is 52.7 Å². The van der Waals surface area contributed by atoms with Crippen molar-refractivity contribution in [2.75, 3.05) is 6.61 Å². The Balaban J connectivity index is 1.14. The van der Waals surface area contributed by atoms with Gasteiger partial charge in [-0.2, -0.15) is 4.98 Å². The molecule has 16 nitrogen and oxygen atoms in total. The standard InChI is InChI=1S/C35H33N7O9/c1-3-48-34-36-30-13-7-12-29(33(43)44)31(30)40(34)19-23-14-16-26(17-15-23)27-10-4-5-11-28(27)32-37-39-41(38-32)22(2)51-35(45)49-20-24-8-6-9-25(18-24)21-50-42(46)47/h4-18,22,46-47H,3,19-21H2,1-2H3,(H,43,44). The topological polar surface area (TPSA) is 196 Å². The summed E-state index contributed by atoms with van der Waals surface area (Å²) < 4.78 is 18.1. The van der Waals surface area contributed by atoms with E-state index in [2.05, 4.69) is 25.2 Å². The van der Waals surface area contributed by atoms with Gasteiger partial charge in [0.1, 0.15) is 6.61 Å². The fourth-order valence-corrected chi connectivity index (χ4v) is 5.42. The van der Waals surface area contributed by atoms with Crippen molar-refractivity contribution in [1.29, 1.82) is 0 Å². The summed E-state index contributed by atoms with van der Waals surface area (Å²) in [5.74, 6) is -0.733. The Labute approximate surface area is 290 Å². The molecule has 6 aromatic rings. The number of hydrogen-bond acceptors (Lipinski definition) is 13. The number of rotatable bonds is 14. The highest BCUT2D eigenvalue weighted by molar-refractivity contribution is 6.01. The fourth-order valence-electron chi connectivity index (χ4n) is 5.42. The Morgan fingerprint density at radius 2 is 1.61 bits per heavy atom. The first-order chi connectivity index (χ1) is 24.7. The average molecular weight is 696 g/mol. The smallest absolute Gasteiger partial charge is 0.478 e. The molecule has 262 valence electrons. The van der Waals surface area contributed by atoms with Gasteiger partial charge >= 0.3 is 12.1 Å². The molecule has 3 N–H and O–H groups in total. The van der Waals surface area contributed by atoms with E-state index in [-0.39, 0.29) is 24.2 Å². The monoisotopic (exact) mass is 695 g/mol. The van der Waals surface area contributed by atoms with Gasteiger partial charge in [0.05, 0.1) is 41.7 Å². The van der Waals surface area contributed by atoms with Crippen molar-refractivity contribution >= 4 is 23.2 Å². The predicted molar refractivity (Wildman–Crippen MR) is 178 cm³/mol. The molecule has 4 aromatic carbocycles. The number of carbonyl (C=O) groups is 2. The number of nitrogens with zero attached hydrogens (tertiary/aromatic N) is 7. The van der Waals surface area contributed by atoms with Crippen molar-refractivity contribution in [3.8, 4) is 28.5 Å². The zero-order valence-corrected chi connectivity index (χ0v) is 27.5. The second-order valence-corrected chi connectivity index (χ2v) is 11.2.